The summed E-state index contributed by atoms with van der Waals surface area (Å²) in [5.74, 6) is 3.47. The molecule has 164 valence electrons. The number of aryl methyl sites for hydroxylation is 2. The summed E-state index contributed by atoms with van der Waals surface area (Å²) in [4.78, 5) is 17.8. The minimum Gasteiger partial charge on any atom is -0.399 e. The van der Waals surface area contributed by atoms with Gasteiger partial charge in [0.2, 0.25) is 0 Å². The third-order valence-electron chi connectivity index (χ3n) is 7.30. The van der Waals surface area contributed by atoms with Crippen LogP contribution in [0.1, 0.15) is 62.1 Å². The zero-order chi connectivity index (χ0) is 21.3. The molecule has 5 nitrogen and oxygen atoms in total. The lowest BCUT2D eigenvalue weighted by atomic mass is 9.82. The van der Waals surface area contributed by atoms with Gasteiger partial charge in [-0.3, -0.25) is 14.1 Å². The molecule has 1 amide bonds. The van der Waals surface area contributed by atoms with Crippen molar-refractivity contribution < 1.29 is 4.79 Å². The minimum atomic E-state index is -0.500. The third-order valence-corrected chi connectivity index (χ3v) is 8.41. The number of hydrogen-bond donors (Lipinski definition) is 2. The topological polar surface area (TPSA) is 70.7 Å². The molecule has 2 fully saturated rings. The van der Waals surface area contributed by atoms with Crippen LogP contribution in [0.15, 0.2) is 17.1 Å². The molecule has 6 heteroatoms. The minimum absolute atomic E-state index is 0.147. The fraction of sp³-hybridized carbons (Fsp3) is 0.667. The fourth-order valence-electron chi connectivity index (χ4n) is 5.29. The van der Waals surface area contributed by atoms with Crippen molar-refractivity contribution in [3.05, 3.63) is 28.8 Å². The number of nitrogens with one attached hydrogen (secondary N) is 1. The molecule has 0 atom stereocenters. The van der Waals surface area contributed by atoms with Crippen LogP contribution in [0.4, 0.5) is 5.69 Å². The molecule has 1 saturated carbocycles. The Kier molecular flexibility index (Phi) is 6.44. The second-order valence-corrected chi connectivity index (χ2v) is 10.8. The first-order chi connectivity index (χ1) is 14.4. The van der Waals surface area contributed by atoms with Gasteiger partial charge in [-0.1, -0.05) is 31.7 Å². The van der Waals surface area contributed by atoms with Gasteiger partial charge < -0.3 is 11.1 Å². The van der Waals surface area contributed by atoms with Crippen LogP contribution < -0.4 is 11.1 Å². The van der Waals surface area contributed by atoms with E-state index >= 15 is 0 Å². The molecule has 0 bridgehead atoms. The van der Waals surface area contributed by atoms with Gasteiger partial charge in [0.15, 0.2) is 0 Å². The van der Waals surface area contributed by atoms with E-state index in [1.54, 1.807) is 0 Å². The molecule has 30 heavy (non-hydrogen) atoms. The van der Waals surface area contributed by atoms with Crippen LogP contribution in [-0.2, 0) is 11.2 Å². The van der Waals surface area contributed by atoms with Crippen molar-refractivity contribution in [2.24, 2.45) is 16.8 Å². The molecule has 3 N–H and O–H groups in total. The number of piperidine rings is 1. The summed E-state index contributed by atoms with van der Waals surface area (Å²) >= 11 is 1.91. The highest BCUT2D eigenvalue weighted by Gasteiger charge is 2.47. The van der Waals surface area contributed by atoms with Crippen LogP contribution in [0.3, 0.4) is 0 Å². The number of nitrogens with zero attached hydrogens (tertiary/aromatic N) is 2. The smallest absolute Gasteiger partial charge is 0.253 e. The van der Waals surface area contributed by atoms with Crippen LogP contribution in [0.5, 0.6) is 0 Å². The van der Waals surface area contributed by atoms with Gasteiger partial charge >= 0.3 is 0 Å². The Hall–Kier alpha value is -1.53. The second kappa shape index (κ2) is 8.91. The average Bonchev–Trinajstić information content (AvgIpc) is 3.02. The first-order valence-corrected chi connectivity index (χ1v) is 12.5. The molecule has 1 saturated heterocycles. The molecule has 3 aliphatic rings. The SMILES string of the molecule is Cc1cc(N)cc(C)c1CCSN1CCC2(CC1)N=C(C1CCC(C)CC1)NC2=O. The summed E-state index contributed by atoms with van der Waals surface area (Å²) in [6.45, 7) is 8.48. The van der Waals surface area contributed by atoms with Gasteiger partial charge in [0, 0.05) is 30.4 Å². The van der Waals surface area contributed by atoms with E-state index in [2.05, 4.69) is 42.5 Å². The summed E-state index contributed by atoms with van der Waals surface area (Å²) < 4.78 is 2.43. The maximum absolute atomic E-state index is 12.8. The number of amides is 1. The monoisotopic (exact) mass is 428 g/mol. The standard InChI is InChI=1S/C24H36N4OS/c1-16-4-6-19(7-5-16)22-26-23(29)24(27-22)9-11-28(12-10-24)30-13-8-21-17(2)14-20(25)15-18(21)3/h14-16,19H,4-13,25H2,1-3H3,(H,26,27,29). The van der Waals surface area contributed by atoms with E-state index in [1.165, 1.54) is 42.4 Å². The van der Waals surface area contributed by atoms with Gasteiger partial charge in [-0.05, 0) is 80.7 Å². The van der Waals surface area contributed by atoms with Crippen molar-refractivity contribution in [1.82, 2.24) is 9.62 Å². The number of nitrogen functional groups attached to an aromatic ring is 1. The summed E-state index contributed by atoms with van der Waals surface area (Å²) in [5, 5.41) is 3.17. The van der Waals surface area contributed by atoms with Gasteiger partial charge in [-0.2, -0.15) is 0 Å². The van der Waals surface area contributed by atoms with Gasteiger partial charge in [0.25, 0.3) is 5.91 Å². The Bertz CT molecular complexity index is 797. The molecule has 2 aliphatic heterocycles. The summed E-state index contributed by atoms with van der Waals surface area (Å²) in [6, 6.07) is 4.14. The second-order valence-electron chi connectivity index (χ2n) is 9.59. The van der Waals surface area contributed by atoms with E-state index in [9.17, 15) is 4.79 Å². The van der Waals surface area contributed by atoms with Gasteiger partial charge in [0.1, 0.15) is 11.4 Å². The Balaban J connectivity index is 1.29. The van der Waals surface area contributed by atoms with E-state index in [0.29, 0.717) is 5.92 Å². The summed E-state index contributed by atoms with van der Waals surface area (Å²) in [7, 11) is 0. The molecule has 0 radical (unpaired) electrons. The molecule has 1 spiro atoms. The van der Waals surface area contributed by atoms with Crippen LogP contribution in [0.2, 0.25) is 0 Å². The highest BCUT2D eigenvalue weighted by molar-refractivity contribution is 7.97. The van der Waals surface area contributed by atoms with Crippen molar-refractivity contribution in [1.29, 1.82) is 0 Å². The lowest BCUT2D eigenvalue weighted by Crippen LogP contribution is -2.47. The number of hydrogen-bond acceptors (Lipinski definition) is 5. The van der Waals surface area contributed by atoms with Crippen molar-refractivity contribution in [2.45, 2.75) is 71.3 Å². The zero-order valence-electron chi connectivity index (χ0n) is 18.7. The highest BCUT2D eigenvalue weighted by atomic mass is 32.2. The van der Waals surface area contributed by atoms with Crippen molar-refractivity contribution in [3.63, 3.8) is 0 Å². The Morgan fingerprint density at radius 3 is 2.43 bits per heavy atom. The maximum Gasteiger partial charge on any atom is 0.253 e. The number of nitrogens with two attached hydrogens (primary N) is 1. The van der Waals surface area contributed by atoms with Crippen LogP contribution >= 0.6 is 11.9 Å². The molecule has 0 unspecified atom stereocenters. The highest BCUT2D eigenvalue weighted by Crippen LogP contribution is 2.36. The van der Waals surface area contributed by atoms with Gasteiger partial charge in [-0.15, -0.1) is 0 Å². The van der Waals surface area contributed by atoms with E-state index in [0.717, 1.165) is 55.5 Å². The quantitative estimate of drug-likeness (QED) is 0.543. The molecule has 1 aromatic rings. The molecule has 1 aromatic carbocycles. The molecular formula is C24H36N4OS. The number of carbonyl (C=O) groups excluding carboxylic acids is 1. The van der Waals surface area contributed by atoms with Crippen LogP contribution in [0.25, 0.3) is 0 Å². The lowest BCUT2D eigenvalue weighted by molar-refractivity contribution is -0.124. The molecule has 4 rings (SSSR count). The van der Waals surface area contributed by atoms with Crippen molar-refractivity contribution >= 4 is 29.4 Å². The first kappa shape index (κ1) is 21.7. The number of rotatable bonds is 5. The Morgan fingerprint density at radius 2 is 1.80 bits per heavy atom. The van der Waals surface area contributed by atoms with Crippen LogP contribution in [0, 0.1) is 25.7 Å². The number of anilines is 1. The fourth-order valence-corrected chi connectivity index (χ4v) is 6.29. The summed E-state index contributed by atoms with van der Waals surface area (Å²) in [6.07, 6.45) is 7.56. The van der Waals surface area contributed by atoms with E-state index in [1.807, 2.05) is 11.9 Å². The molecular weight excluding hydrogens is 392 g/mol. The van der Waals surface area contributed by atoms with Crippen molar-refractivity contribution in [3.8, 4) is 0 Å². The van der Waals surface area contributed by atoms with E-state index in [4.69, 9.17) is 10.7 Å². The predicted molar refractivity (Wildman–Crippen MR) is 127 cm³/mol. The van der Waals surface area contributed by atoms with Crippen molar-refractivity contribution in [2.75, 3.05) is 24.6 Å². The number of amidine groups is 1. The Morgan fingerprint density at radius 1 is 1.17 bits per heavy atom. The van der Waals surface area contributed by atoms with Crippen LogP contribution in [-0.4, -0.2) is 40.4 Å². The average molecular weight is 429 g/mol. The number of aliphatic imine (C=N–C) groups is 1. The Labute approximate surface area is 185 Å². The normalized spacial score (nSPS) is 26.6. The number of benzene rings is 1. The largest absolute Gasteiger partial charge is 0.399 e. The zero-order valence-corrected chi connectivity index (χ0v) is 19.5. The maximum atomic E-state index is 12.8. The van der Waals surface area contributed by atoms with Gasteiger partial charge in [0.05, 0.1) is 0 Å². The summed E-state index contributed by atoms with van der Waals surface area (Å²) in [5.41, 5.74) is 10.3. The third kappa shape index (κ3) is 4.54. The molecule has 0 aromatic heterocycles. The predicted octanol–water partition coefficient (Wildman–Crippen LogP) is 4.27. The molecule has 1 aliphatic carbocycles. The van der Waals surface area contributed by atoms with Gasteiger partial charge in [-0.25, -0.2) is 0 Å². The first-order valence-electron chi connectivity index (χ1n) is 11.5. The van der Waals surface area contributed by atoms with E-state index in [-0.39, 0.29) is 5.91 Å². The number of carbonyl (C=O) groups is 1. The van der Waals surface area contributed by atoms with E-state index < -0.39 is 5.54 Å². The molecule has 2 heterocycles. The lowest BCUT2D eigenvalue weighted by Gasteiger charge is -2.34.